The molecule has 0 aromatic carbocycles. The van der Waals surface area contributed by atoms with E-state index in [0.29, 0.717) is 11.1 Å². The van der Waals surface area contributed by atoms with Crippen molar-refractivity contribution in [3.8, 4) is 0 Å². The lowest BCUT2D eigenvalue weighted by Gasteiger charge is -2.21. The molecule has 0 N–H and O–H groups in total. The molecule has 0 unspecified atom stereocenters. The second-order valence-corrected chi connectivity index (χ2v) is 5.95. The van der Waals surface area contributed by atoms with Gasteiger partial charge in [-0.15, -0.1) is 0 Å². The van der Waals surface area contributed by atoms with Crippen molar-refractivity contribution >= 4 is 17.4 Å². The molecule has 0 atom stereocenters. The van der Waals surface area contributed by atoms with Gasteiger partial charge in [-0.25, -0.2) is 9.97 Å². The molecule has 1 fully saturated rings. The molecule has 3 rings (SSSR count). The van der Waals surface area contributed by atoms with E-state index in [9.17, 15) is 0 Å². The Bertz CT molecular complexity index is 626. The number of pyridine rings is 1. The summed E-state index contributed by atoms with van der Waals surface area (Å²) in [4.78, 5) is 15.6. The van der Waals surface area contributed by atoms with Gasteiger partial charge in [0.15, 0.2) is 0 Å². The normalized spacial score (nSPS) is 14.2. The molecule has 0 radical (unpaired) electrons. The summed E-state index contributed by atoms with van der Waals surface area (Å²) < 4.78 is 0. The van der Waals surface area contributed by atoms with Gasteiger partial charge in [-0.3, -0.25) is 4.98 Å². The first-order valence-electron chi connectivity index (χ1n) is 7.30. The van der Waals surface area contributed by atoms with Crippen molar-refractivity contribution in [1.82, 2.24) is 15.0 Å². The maximum atomic E-state index is 6.26. The number of rotatable bonds is 5. The molecule has 2 heterocycles. The fourth-order valence-electron chi connectivity index (χ4n) is 2.32. The van der Waals surface area contributed by atoms with Crippen LogP contribution in [0.2, 0.25) is 5.15 Å². The second kappa shape index (κ2) is 5.98. The van der Waals surface area contributed by atoms with Crippen molar-refractivity contribution < 1.29 is 0 Å². The summed E-state index contributed by atoms with van der Waals surface area (Å²) >= 11 is 6.26. The molecular weight excluding hydrogens is 284 g/mol. The molecule has 0 spiro atoms. The number of hydrogen-bond acceptors (Lipinski definition) is 4. The van der Waals surface area contributed by atoms with Gasteiger partial charge < -0.3 is 4.90 Å². The fraction of sp³-hybridized carbons (Fsp3) is 0.438. The summed E-state index contributed by atoms with van der Waals surface area (Å²) in [5.41, 5.74) is 2.04. The Morgan fingerprint density at radius 3 is 2.76 bits per heavy atom. The number of nitrogens with zero attached hydrogens (tertiary/aromatic N) is 4. The molecule has 0 bridgehead atoms. The Morgan fingerprint density at radius 2 is 2.10 bits per heavy atom. The number of aromatic nitrogens is 3. The molecule has 1 aliphatic carbocycles. The zero-order valence-corrected chi connectivity index (χ0v) is 13.1. The quantitative estimate of drug-likeness (QED) is 0.794. The van der Waals surface area contributed by atoms with Crippen LogP contribution in [0.4, 0.5) is 5.82 Å². The van der Waals surface area contributed by atoms with Crippen molar-refractivity contribution in [3.63, 3.8) is 0 Å². The smallest absolute Gasteiger partial charge is 0.137 e. The third kappa shape index (κ3) is 3.32. The zero-order chi connectivity index (χ0) is 14.8. The van der Waals surface area contributed by atoms with Gasteiger partial charge in [0.1, 0.15) is 16.8 Å². The minimum Gasteiger partial charge on any atom is -0.359 e. The second-order valence-electron chi connectivity index (χ2n) is 5.59. The summed E-state index contributed by atoms with van der Waals surface area (Å²) in [5.74, 6) is 2.34. The molecule has 1 aliphatic rings. The van der Waals surface area contributed by atoms with Crippen LogP contribution in [0.25, 0.3) is 0 Å². The van der Waals surface area contributed by atoms with Gasteiger partial charge in [0.25, 0.3) is 0 Å². The lowest BCUT2D eigenvalue weighted by Crippen LogP contribution is -2.23. The predicted octanol–water partition coefficient (Wildman–Crippen LogP) is 3.39. The first-order chi connectivity index (χ1) is 10.1. The topological polar surface area (TPSA) is 41.9 Å². The summed E-state index contributed by atoms with van der Waals surface area (Å²) in [7, 11) is 2.05. The minimum absolute atomic E-state index is 0.506. The third-order valence-corrected chi connectivity index (χ3v) is 4.18. The first-order valence-corrected chi connectivity index (χ1v) is 7.68. The predicted molar refractivity (Wildman–Crippen MR) is 85.0 cm³/mol. The maximum absolute atomic E-state index is 6.26. The van der Waals surface area contributed by atoms with E-state index in [0.717, 1.165) is 35.9 Å². The molecule has 1 saturated carbocycles. The summed E-state index contributed by atoms with van der Waals surface area (Å²) in [6.45, 7) is 2.83. The van der Waals surface area contributed by atoms with E-state index < -0.39 is 0 Å². The van der Waals surface area contributed by atoms with Crippen LogP contribution in [-0.4, -0.2) is 28.5 Å². The van der Waals surface area contributed by atoms with E-state index >= 15 is 0 Å². The highest BCUT2D eigenvalue weighted by molar-refractivity contribution is 6.30. The van der Waals surface area contributed by atoms with Crippen LogP contribution >= 0.6 is 11.6 Å². The summed E-state index contributed by atoms with van der Waals surface area (Å²) in [5, 5.41) is 0.576. The average molecular weight is 303 g/mol. The van der Waals surface area contributed by atoms with Crippen molar-refractivity contribution in [2.45, 2.75) is 32.1 Å². The van der Waals surface area contributed by atoms with Crippen LogP contribution < -0.4 is 4.90 Å². The van der Waals surface area contributed by atoms with Crippen LogP contribution in [0.3, 0.4) is 0 Å². The largest absolute Gasteiger partial charge is 0.359 e. The van der Waals surface area contributed by atoms with Gasteiger partial charge in [-0.05, 0) is 31.9 Å². The van der Waals surface area contributed by atoms with E-state index in [2.05, 4.69) is 14.9 Å². The SMILES string of the molecule is Cc1c(Cl)nc(C2CC2)nc1N(C)CCc1ccccn1. The van der Waals surface area contributed by atoms with Crippen LogP contribution in [0.15, 0.2) is 24.4 Å². The molecule has 4 nitrogen and oxygen atoms in total. The number of halogens is 1. The molecule has 2 aromatic rings. The van der Waals surface area contributed by atoms with E-state index in [1.165, 1.54) is 12.8 Å². The van der Waals surface area contributed by atoms with Crippen LogP contribution in [-0.2, 0) is 6.42 Å². The molecule has 0 amide bonds. The van der Waals surface area contributed by atoms with Gasteiger partial charge in [0.05, 0.1) is 0 Å². The zero-order valence-electron chi connectivity index (χ0n) is 12.4. The average Bonchev–Trinajstić information content (AvgIpc) is 3.33. The highest BCUT2D eigenvalue weighted by Gasteiger charge is 2.28. The highest BCUT2D eigenvalue weighted by Crippen LogP contribution is 2.39. The minimum atomic E-state index is 0.506. The Morgan fingerprint density at radius 1 is 1.29 bits per heavy atom. The van der Waals surface area contributed by atoms with E-state index in [1.807, 2.05) is 38.4 Å². The molecule has 5 heteroatoms. The molecule has 0 aliphatic heterocycles. The van der Waals surface area contributed by atoms with Gasteiger partial charge in [-0.2, -0.15) is 0 Å². The molecule has 0 saturated heterocycles. The number of likely N-dealkylation sites (N-methyl/N-ethyl adjacent to an activating group) is 1. The Balaban J connectivity index is 1.75. The lowest BCUT2D eigenvalue weighted by molar-refractivity contribution is 0.814. The highest BCUT2D eigenvalue weighted by atomic mass is 35.5. The summed E-state index contributed by atoms with van der Waals surface area (Å²) in [6.07, 6.45) is 5.07. The molecule has 21 heavy (non-hydrogen) atoms. The Kier molecular flexibility index (Phi) is 4.06. The van der Waals surface area contributed by atoms with Crippen LogP contribution in [0.5, 0.6) is 0 Å². The van der Waals surface area contributed by atoms with Gasteiger partial charge in [-0.1, -0.05) is 17.7 Å². The molecular formula is C16H19ClN4. The standard InChI is InChI=1S/C16H19ClN4/c1-11-14(17)19-15(12-6-7-12)20-16(11)21(2)10-8-13-5-3-4-9-18-13/h3-5,9,12H,6-8,10H2,1-2H3. The van der Waals surface area contributed by atoms with Crippen LogP contribution in [0, 0.1) is 6.92 Å². The van der Waals surface area contributed by atoms with E-state index in [-0.39, 0.29) is 0 Å². The summed E-state index contributed by atoms with van der Waals surface area (Å²) in [6, 6.07) is 5.99. The Hall–Kier alpha value is -1.68. The van der Waals surface area contributed by atoms with Crippen LogP contribution in [0.1, 0.15) is 35.8 Å². The third-order valence-electron chi connectivity index (χ3n) is 3.81. The lowest BCUT2D eigenvalue weighted by atomic mass is 10.2. The number of hydrogen-bond donors (Lipinski definition) is 0. The Labute approximate surface area is 130 Å². The van der Waals surface area contributed by atoms with Gasteiger partial charge >= 0.3 is 0 Å². The van der Waals surface area contributed by atoms with Crippen molar-refractivity contribution in [1.29, 1.82) is 0 Å². The van der Waals surface area contributed by atoms with E-state index in [4.69, 9.17) is 16.6 Å². The monoisotopic (exact) mass is 302 g/mol. The van der Waals surface area contributed by atoms with Crippen molar-refractivity contribution in [2.75, 3.05) is 18.5 Å². The van der Waals surface area contributed by atoms with Gasteiger partial charge in [0.2, 0.25) is 0 Å². The van der Waals surface area contributed by atoms with E-state index in [1.54, 1.807) is 0 Å². The van der Waals surface area contributed by atoms with Crippen molar-refractivity contribution in [3.05, 3.63) is 46.6 Å². The maximum Gasteiger partial charge on any atom is 0.137 e. The van der Waals surface area contributed by atoms with Crippen molar-refractivity contribution in [2.24, 2.45) is 0 Å². The molecule has 2 aromatic heterocycles. The van der Waals surface area contributed by atoms with Gasteiger partial charge in [0, 0.05) is 43.4 Å². The fourth-order valence-corrected chi connectivity index (χ4v) is 2.50. The first kappa shape index (κ1) is 14.3. The number of anilines is 1. The molecule has 110 valence electrons.